The van der Waals surface area contributed by atoms with Crippen molar-refractivity contribution in [3.8, 4) is 39.1 Å². The average molecular weight is 703 g/mol. The molecule has 0 unspecified atom stereocenters. The van der Waals surface area contributed by atoms with E-state index >= 15 is 0 Å². The maximum atomic E-state index is 6.45. The molecule has 2 aromatic heterocycles. The molecule has 0 atom stereocenters. The number of anilines is 2. The third-order valence-corrected chi connectivity index (χ3v) is 11.0. The zero-order valence-corrected chi connectivity index (χ0v) is 29.9. The molecule has 0 aliphatic carbocycles. The van der Waals surface area contributed by atoms with E-state index in [9.17, 15) is 0 Å². The number of benzene rings is 9. The van der Waals surface area contributed by atoms with Crippen LogP contribution in [0, 0.1) is 0 Å². The first-order chi connectivity index (χ1) is 27.3. The molecule has 0 bridgehead atoms. The Labute approximate surface area is 318 Å². The molecule has 0 fully saturated rings. The smallest absolute Gasteiger partial charge is 0.143 e. The Morgan fingerprint density at radius 1 is 0.345 bits per heavy atom. The standard InChI is InChI=1S/C52H34N2O/c1-2-13-37(14-3-1)54-49-23-10-7-18-42(49)46-33-36(29-32-50(46)54)34-25-27-35(28-26-34)38-15-6-9-22-47(38)53-48-31-30-40(39-16-4-5-17-41(39)48)44-20-12-21-45-43-19-8-11-24-51(43)55-52(44)45/h1-33,53H. The molecule has 0 aliphatic heterocycles. The van der Waals surface area contributed by atoms with Gasteiger partial charge in [0.1, 0.15) is 11.2 Å². The van der Waals surface area contributed by atoms with E-state index in [0.717, 1.165) is 61.0 Å². The van der Waals surface area contributed by atoms with Crippen LogP contribution in [0.5, 0.6) is 0 Å². The summed E-state index contributed by atoms with van der Waals surface area (Å²) in [6, 6.07) is 71.4. The normalized spacial score (nSPS) is 11.6. The second-order valence-electron chi connectivity index (χ2n) is 14.2. The molecule has 55 heavy (non-hydrogen) atoms. The van der Waals surface area contributed by atoms with Gasteiger partial charge in [-0.05, 0) is 76.2 Å². The van der Waals surface area contributed by atoms with Crippen molar-refractivity contribution < 1.29 is 4.42 Å². The van der Waals surface area contributed by atoms with Crippen molar-refractivity contribution in [1.82, 2.24) is 4.57 Å². The number of hydrogen-bond donors (Lipinski definition) is 1. The Morgan fingerprint density at radius 2 is 0.982 bits per heavy atom. The van der Waals surface area contributed by atoms with Crippen LogP contribution < -0.4 is 5.32 Å². The van der Waals surface area contributed by atoms with E-state index in [1.807, 2.05) is 12.1 Å². The van der Waals surface area contributed by atoms with Crippen molar-refractivity contribution in [1.29, 1.82) is 0 Å². The lowest BCUT2D eigenvalue weighted by molar-refractivity contribution is 0.670. The zero-order chi connectivity index (χ0) is 36.3. The summed E-state index contributed by atoms with van der Waals surface area (Å²) in [7, 11) is 0. The largest absolute Gasteiger partial charge is 0.455 e. The fourth-order valence-electron chi connectivity index (χ4n) is 8.44. The fraction of sp³-hybridized carbons (Fsp3) is 0. The van der Waals surface area contributed by atoms with Crippen molar-refractivity contribution in [2.45, 2.75) is 0 Å². The van der Waals surface area contributed by atoms with Crippen molar-refractivity contribution in [3.05, 3.63) is 200 Å². The van der Waals surface area contributed by atoms with Crippen molar-refractivity contribution in [2.75, 3.05) is 5.32 Å². The molecular formula is C52H34N2O. The SMILES string of the molecule is c1ccc(-n2c3ccccc3c3cc(-c4ccc(-c5ccccc5Nc5ccc(-c6cccc7c6oc6ccccc67)c6ccccc56)cc4)ccc32)cc1. The highest BCUT2D eigenvalue weighted by Gasteiger charge is 2.17. The van der Waals surface area contributed by atoms with Crippen LogP contribution in [-0.4, -0.2) is 4.57 Å². The zero-order valence-electron chi connectivity index (χ0n) is 29.9. The Morgan fingerprint density at radius 3 is 1.85 bits per heavy atom. The van der Waals surface area contributed by atoms with Crippen LogP contribution in [0.15, 0.2) is 205 Å². The first-order valence-corrected chi connectivity index (χ1v) is 18.8. The van der Waals surface area contributed by atoms with E-state index in [0.29, 0.717) is 0 Å². The van der Waals surface area contributed by atoms with Crippen molar-refractivity contribution in [2.24, 2.45) is 0 Å². The van der Waals surface area contributed by atoms with Crippen LogP contribution in [0.1, 0.15) is 0 Å². The molecule has 0 spiro atoms. The third kappa shape index (κ3) is 5.13. The summed E-state index contributed by atoms with van der Waals surface area (Å²) in [5, 5.41) is 10.9. The molecule has 0 radical (unpaired) electrons. The van der Waals surface area contributed by atoms with Gasteiger partial charge in [0.25, 0.3) is 0 Å². The van der Waals surface area contributed by atoms with Gasteiger partial charge in [-0.1, -0.05) is 152 Å². The second kappa shape index (κ2) is 12.6. The van der Waals surface area contributed by atoms with Gasteiger partial charge in [0.05, 0.1) is 11.0 Å². The number of furan rings is 1. The summed E-state index contributed by atoms with van der Waals surface area (Å²) in [5.41, 5.74) is 14.5. The summed E-state index contributed by atoms with van der Waals surface area (Å²) in [4.78, 5) is 0. The van der Waals surface area contributed by atoms with Crippen LogP contribution in [0.4, 0.5) is 11.4 Å². The summed E-state index contributed by atoms with van der Waals surface area (Å²) >= 11 is 0. The highest BCUT2D eigenvalue weighted by molar-refractivity contribution is 6.14. The van der Waals surface area contributed by atoms with Gasteiger partial charge in [0, 0.05) is 55.1 Å². The predicted octanol–water partition coefficient (Wildman–Crippen LogP) is 14.6. The van der Waals surface area contributed by atoms with Gasteiger partial charge in [-0.3, -0.25) is 0 Å². The van der Waals surface area contributed by atoms with Gasteiger partial charge in [-0.15, -0.1) is 0 Å². The number of rotatable bonds is 6. The molecule has 3 nitrogen and oxygen atoms in total. The molecule has 0 aliphatic rings. The number of nitrogens with zero attached hydrogens (tertiary/aromatic N) is 1. The highest BCUT2D eigenvalue weighted by Crippen LogP contribution is 2.42. The van der Waals surface area contributed by atoms with Gasteiger partial charge < -0.3 is 14.3 Å². The van der Waals surface area contributed by atoms with E-state index in [-0.39, 0.29) is 0 Å². The number of fused-ring (bicyclic) bond motifs is 7. The molecule has 11 rings (SSSR count). The highest BCUT2D eigenvalue weighted by atomic mass is 16.3. The van der Waals surface area contributed by atoms with E-state index in [1.165, 1.54) is 44.0 Å². The maximum absolute atomic E-state index is 6.45. The van der Waals surface area contributed by atoms with Gasteiger partial charge in [0.2, 0.25) is 0 Å². The van der Waals surface area contributed by atoms with Crippen molar-refractivity contribution in [3.63, 3.8) is 0 Å². The third-order valence-electron chi connectivity index (χ3n) is 11.0. The van der Waals surface area contributed by atoms with E-state index in [4.69, 9.17) is 4.42 Å². The number of para-hydroxylation sites is 5. The van der Waals surface area contributed by atoms with E-state index < -0.39 is 0 Å². The van der Waals surface area contributed by atoms with Crippen LogP contribution in [0.3, 0.4) is 0 Å². The van der Waals surface area contributed by atoms with Gasteiger partial charge in [-0.25, -0.2) is 0 Å². The molecule has 0 saturated carbocycles. The van der Waals surface area contributed by atoms with Crippen LogP contribution >= 0.6 is 0 Å². The minimum Gasteiger partial charge on any atom is -0.455 e. The summed E-state index contributed by atoms with van der Waals surface area (Å²) in [6.45, 7) is 0. The Balaban J connectivity index is 0.943. The number of nitrogens with one attached hydrogen (secondary N) is 1. The fourth-order valence-corrected chi connectivity index (χ4v) is 8.44. The van der Waals surface area contributed by atoms with E-state index in [2.05, 4.69) is 198 Å². The Kier molecular flexibility index (Phi) is 7.17. The van der Waals surface area contributed by atoms with Crippen molar-refractivity contribution >= 4 is 65.9 Å². The second-order valence-corrected chi connectivity index (χ2v) is 14.2. The lowest BCUT2D eigenvalue weighted by Crippen LogP contribution is -1.95. The maximum Gasteiger partial charge on any atom is 0.143 e. The van der Waals surface area contributed by atoms with Gasteiger partial charge in [-0.2, -0.15) is 0 Å². The molecule has 11 aromatic rings. The van der Waals surface area contributed by atoms with Crippen LogP contribution in [-0.2, 0) is 0 Å². The summed E-state index contributed by atoms with van der Waals surface area (Å²) in [6.07, 6.45) is 0. The summed E-state index contributed by atoms with van der Waals surface area (Å²) in [5.74, 6) is 0. The first-order valence-electron chi connectivity index (χ1n) is 18.8. The van der Waals surface area contributed by atoms with E-state index in [1.54, 1.807) is 0 Å². The molecule has 9 aromatic carbocycles. The molecule has 0 amide bonds. The number of hydrogen-bond acceptors (Lipinski definition) is 2. The van der Waals surface area contributed by atoms with Crippen LogP contribution in [0.2, 0.25) is 0 Å². The first kappa shape index (κ1) is 31.2. The predicted molar refractivity (Wildman–Crippen MR) is 232 cm³/mol. The molecule has 1 N–H and O–H groups in total. The van der Waals surface area contributed by atoms with Gasteiger partial charge in [0.15, 0.2) is 0 Å². The lowest BCUT2D eigenvalue weighted by atomic mass is 9.95. The molecule has 2 heterocycles. The number of aromatic nitrogens is 1. The minimum absolute atomic E-state index is 0.908. The quantitative estimate of drug-likeness (QED) is 0.187. The topological polar surface area (TPSA) is 30.1 Å². The molecule has 3 heteroatoms. The van der Waals surface area contributed by atoms with Crippen LogP contribution in [0.25, 0.3) is 93.6 Å². The minimum atomic E-state index is 0.908. The summed E-state index contributed by atoms with van der Waals surface area (Å²) < 4.78 is 8.81. The average Bonchev–Trinajstić information content (AvgIpc) is 3.80. The monoisotopic (exact) mass is 702 g/mol. The van der Waals surface area contributed by atoms with Gasteiger partial charge >= 0.3 is 0 Å². The molecule has 0 saturated heterocycles. The lowest BCUT2D eigenvalue weighted by Gasteiger charge is -2.16. The molecule has 258 valence electrons. The Bertz CT molecular complexity index is 3220. The molecular weight excluding hydrogens is 669 g/mol. The Hall–Kier alpha value is -7.36.